The van der Waals surface area contributed by atoms with Crippen LogP contribution in [-0.4, -0.2) is 33.3 Å². The van der Waals surface area contributed by atoms with Crippen molar-refractivity contribution in [2.45, 2.75) is 31.6 Å². The molecule has 1 aromatic heterocycles. The maximum atomic E-state index is 12.1. The summed E-state index contributed by atoms with van der Waals surface area (Å²) in [6.45, 7) is 5.08. The summed E-state index contributed by atoms with van der Waals surface area (Å²) in [6, 6.07) is 0. The summed E-state index contributed by atoms with van der Waals surface area (Å²) < 4.78 is 37.0. The Kier molecular flexibility index (Phi) is 4.04. The van der Waals surface area contributed by atoms with E-state index in [1.807, 2.05) is 0 Å². The van der Waals surface area contributed by atoms with Gasteiger partial charge in [0.15, 0.2) is 5.76 Å². The van der Waals surface area contributed by atoms with Gasteiger partial charge in [-0.1, -0.05) is 5.16 Å². The number of ether oxygens (including phenoxy) is 1. The van der Waals surface area contributed by atoms with E-state index in [-0.39, 0.29) is 4.90 Å². The van der Waals surface area contributed by atoms with Gasteiger partial charge in [-0.2, -0.15) is 0 Å². The molecule has 0 amide bonds. The molecule has 6 nitrogen and oxygen atoms in total. The zero-order valence-corrected chi connectivity index (χ0v) is 11.4. The van der Waals surface area contributed by atoms with Gasteiger partial charge in [0.25, 0.3) is 0 Å². The fourth-order valence-electron chi connectivity index (χ4n) is 2.11. The Hall–Kier alpha value is -0.920. The Bertz CT molecular complexity index is 484. The Morgan fingerprint density at radius 3 is 2.56 bits per heavy atom. The third-order valence-corrected chi connectivity index (χ3v) is 4.81. The fraction of sp³-hybridized carbons (Fsp3) is 0.727. The van der Waals surface area contributed by atoms with Crippen molar-refractivity contribution < 1.29 is 17.7 Å². The summed E-state index contributed by atoms with van der Waals surface area (Å²) in [6.07, 6.45) is 1.79. The van der Waals surface area contributed by atoms with Crippen molar-refractivity contribution in [1.82, 2.24) is 9.88 Å². The molecule has 1 fully saturated rings. The van der Waals surface area contributed by atoms with Crippen LogP contribution in [0, 0.1) is 19.8 Å². The second-order valence-electron chi connectivity index (χ2n) is 4.56. The van der Waals surface area contributed by atoms with Gasteiger partial charge in [-0.15, -0.1) is 0 Å². The summed E-state index contributed by atoms with van der Waals surface area (Å²) in [4.78, 5) is 0.162. The fourth-order valence-corrected chi connectivity index (χ4v) is 3.55. The van der Waals surface area contributed by atoms with Crippen LogP contribution in [0.25, 0.3) is 0 Å². The molecule has 0 unspecified atom stereocenters. The van der Waals surface area contributed by atoms with Crippen molar-refractivity contribution >= 4 is 10.0 Å². The van der Waals surface area contributed by atoms with Crippen LogP contribution < -0.4 is 4.72 Å². The van der Waals surface area contributed by atoms with Crippen molar-refractivity contribution in [2.75, 3.05) is 19.8 Å². The minimum Gasteiger partial charge on any atom is -0.381 e. The van der Waals surface area contributed by atoms with E-state index in [0.29, 0.717) is 37.1 Å². The van der Waals surface area contributed by atoms with Gasteiger partial charge in [-0.05, 0) is 32.6 Å². The van der Waals surface area contributed by atoms with Gasteiger partial charge in [0.1, 0.15) is 10.6 Å². The Balaban J connectivity index is 2.03. The predicted octanol–water partition coefficient (Wildman–Crippen LogP) is 0.996. The number of sulfonamides is 1. The van der Waals surface area contributed by atoms with E-state index in [1.165, 1.54) is 0 Å². The number of hydrogen-bond acceptors (Lipinski definition) is 5. The van der Waals surface area contributed by atoms with Crippen LogP contribution >= 0.6 is 0 Å². The van der Waals surface area contributed by atoms with Crippen LogP contribution in [0.2, 0.25) is 0 Å². The average Bonchev–Trinajstić information content (AvgIpc) is 2.69. The SMILES string of the molecule is Cc1noc(C)c1S(=O)(=O)NCC1CCOCC1. The molecule has 18 heavy (non-hydrogen) atoms. The summed E-state index contributed by atoms with van der Waals surface area (Å²) in [7, 11) is -3.52. The quantitative estimate of drug-likeness (QED) is 0.885. The van der Waals surface area contributed by atoms with E-state index in [1.54, 1.807) is 13.8 Å². The highest BCUT2D eigenvalue weighted by atomic mass is 32.2. The maximum absolute atomic E-state index is 12.1. The van der Waals surface area contributed by atoms with Crippen LogP contribution in [-0.2, 0) is 14.8 Å². The monoisotopic (exact) mass is 274 g/mol. The highest BCUT2D eigenvalue weighted by molar-refractivity contribution is 7.89. The second-order valence-corrected chi connectivity index (χ2v) is 6.26. The molecule has 7 heteroatoms. The molecule has 0 aliphatic carbocycles. The number of aromatic nitrogens is 1. The second kappa shape index (κ2) is 5.38. The van der Waals surface area contributed by atoms with Crippen molar-refractivity contribution in [3.63, 3.8) is 0 Å². The third-order valence-electron chi connectivity index (χ3n) is 3.14. The molecule has 1 aliphatic rings. The van der Waals surface area contributed by atoms with Crippen molar-refractivity contribution in [2.24, 2.45) is 5.92 Å². The zero-order chi connectivity index (χ0) is 13.2. The first-order valence-corrected chi connectivity index (χ1v) is 7.49. The third kappa shape index (κ3) is 2.90. The standard InChI is InChI=1S/C11H18N2O4S/c1-8-11(9(2)17-13-8)18(14,15)12-7-10-3-5-16-6-4-10/h10,12H,3-7H2,1-2H3. The minimum absolute atomic E-state index is 0.162. The van der Waals surface area contributed by atoms with Crippen molar-refractivity contribution in [3.8, 4) is 0 Å². The summed E-state index contributed by atoms with van der Waals surface area (Å²) in [5.41, 5.74) is 0.395. The maximum Gasteiger partial charge on any atom is 0.245 e. The lowest BCUT2D eigenvalue weighted by atomic mass is 10.0. The molecule has 0 spiro atoms. The molecule has 1 N–H and O–H groups in total. The molecule has 1 saturated heterocycles. The van der Waals surface area contributed by atoms with Crippen molar-refractivity contribution in [3.05, 3.63) is 11.5 Å². The zero-order valence-electron chi connectivity index (χ0n) is 10.6. The van der Waals surface area contributed by atoms with E-state index < -0.39 is 10.0 Å². The van der Waals surface area contributed by atoms with Crippen LogP contribution in [0.1, 0.15) is 24.3 Å². The van der Waals surface area contributed by atoms with Gasteiger partial charge < -0.3 is 9.26 Å². The van der Waals surface area contributed by atoms with Crippen LogP contribution in [0.3, 0.4) is 0 Å². The number of hydrogen-bond donors (Lipinski definition) is 1. The van der Waals surface area contributed by atoms with Crippen molar-refractivity contribution in [1.29, 1.82) is 0 Å². The lowest BCUT2D eigenvalue weighted by Gasteiger charge is -2.22. The van der Waals surface area contributed by atoms with Crippen LogP contribution in [0.5, 0.6) is 0 Å². The first kappa shape index (κ1) is 13.5. The first-order valence-electron chi connectivity index (χ1n) is 6.01. The van der Waals surface area contributed by atoms with Gasteiger partial charge in [0, 0.05) is 19.8 Å². The van der Waals surface area contributed by atoms with E-state index in [4.69, 9.17) is 9.26 Å². The van der Waals surface area contributed by atoms with Gasteiger partial charge >= 0.3 is 0 Å². The summed E-state index contributed by atoms with van der Waals surface area (Å²) in [5.74, 6) is 0.668. The van der Waals surface area contributed by atoms with Gasteiger partial charge in [-0.25, -0.2) is 13.1 Å². The van der Waals surface area contributed by atoms with E-state index >= 15 is 0 Å². The summed E-state index contributed by atoms with van der Waals surface area (Å²) in [5, 5.41) is 3.66. The van der Waals surface area contributed by atoms with Crippen LogP contribution in [0.15, 0.2) is 9.42 Å². The predicted molar refractivity (Wildman–Crippen MR) is 64.7 cm³/mol. The molecule has 0 saturated carbocycles. The average molecular weight is 274 g/mol. The highest BCUT2D eigenvalue weighted by Gasteiger charge is 2.25. The molecule has 0 aromatic carbocycles. The number of nitrogens with zero attached hydrogens (tertiary/aromatic N) is 1. The van der Waals surface area contributed by atoms with Gasteiger partial charge in [0.2, 0.25) is 10.0 Å². The Morgan fingerprint density at radius 1 is 1.33 bits per heavy atom. The van der Waals surface area contributed by atoms with Crippen LogP contribution in [0.4, 0.5) is 0 Å². The van der Waals surface area contributed by atoms with Gasteiger partial charge in [0.05, 0.1) is 0 Å². The molecule has 0 atom stereocenters. The molecule has 2 rings (SSSR count). The smallest absolute Gasteiger partial charge is 0.245 e. The number of aryl methyl sites for hydroxylation is 2. The number of nitrogens with one attached hydrogen (secondary N) is 1. The topological polar surface area (TPSA) is 81.4 Å². The highest BCUT2D eigenvalue weighted by Crippen LogP contribution is 2.20. The normalized spacial score (nSPS) is 18.1. The van der Waals surface area contributed by atoms with E-state index in [0.717, 1.165) is 12.8 Å². The number of rotatable bonds is 4. The molecule has 1 aromatic rings. The largest absolute Gasteiger partial charge is 0.381 e. The molecule has 0 radical (unpaired) electrons. The lowest BCUT2D eigenvalue weighted by molar-refractivity contribution is 0.0678. The van der Waals surface area contributed by atoms with Gasteiger partial charge in [-0.3, -0.25) is 0 Å². The Morgan fingerprint density at radius 2 is 2.00 bits per heavy atom. The molecule has 0 bridgehead atoms. The molecular formula is C11H18N2O4S. The lowest BCUT2D eigenvalue weighted by Crippen LogP contribution is -2.32. The van der Waals surface area contributed by atoms with E-state index in [9.17, 15) is 8.42 Å². The molecule has 2 heterocycles. The first-order chi connectivity index (χ1) is 8.50. The van der Waals surface area contributed by atoms with E-state index in [2.05, 4.69) is 9.88 Å². The minimum atomic E-state index is -3.52. The molecular weight excluding hydrogens is 256 g/mol. The molecule has 1 aliphatic heterocycles. The molecule has 102 valence electrons. The summed E-state index contributed by atoms with van der Waals surface area (Å²) >= 11 is 0. The Labute approximate surface area is 107 Å².